The molecule has 6 rings (SSSR count). The third-order valence-corrected chi connectivity index (χ3v) is 9.51. The Bertz CT molecular complexity index is 400. The second kappa shape index (κ2) is 28.6. The molecule has 2 saturated carbocycles. The first-order valence-electron chi connectivity index (χ1n) is 18.1. The third kappa shape index (κ3) is 27.1. The van der Waals surface area contributed by atoms with E-state index in [1.807, 2.05) is 0 Å². The average Bonchev–Trinajstić information content (AvgIpc) is 2.96. The van der Waals surface area contributed by atoms with Crippen LogP contribution in [0.2, 0.25) is 0 Å². The van der Waals surface area contributed by atoms with E-state index in [2.05, 4.69) is 61.9 Å². The number of nitrogens with one attached hydrogen (secondary N) is 1. The number of likely N-dealkylation sites (tertiary alicyclic amines) is 3. The molecule has 4 saturated heterocycles. The molecule has 4 heteroatoms. The monoisotopic (exact) mass is 581 g/mol. The average molecular weight is 581 g/mol. The normalized spacial score (nSPS) is 24.7. The predicted molar refractivity (Wildman–Crippen MR) is 187 cm³/mol. The van der Waals surface area contributed by atoms with E-state index in [4.69, 9.17) is 0 Å². The molecule has 6 aliphatic rings. The van der Waals surface area contributed by atoms with Gasteiger partial charge in [-0.15, -0.1) is 0 Å². The van der Waals surface area contributed by atoms with E-state index in [0.717, 1.165) is 17.8 Å². The first-order chi connectivity index (χ1) is 19.4. The lowest BCUT2D eigenvalue weighted by molar-refractivity contribution is 0.277. The SMILES string of the molecule is C.CC1CCCCC1.CC1CCCCC1.CC1CNC1.CN1CCCCC1.CN1CCCCC1.CN1CCCCC1. The zero-order chi connectivity index (χ0) is 29.3. The van der Waals surface area contributed by atoms with Crippen LogP contribution in [0.25, 0.3) is 0 Å². The quantitative estimate of drug-likeness (QED) is 0.308. The van der Waals surface area contributed by atoms with E-state index in [1.165, 1.54) is 174 Å². The first-order valence-corrected chi connectivity index (χ1v) is 18.1. The first kappa shape index (κ1) is 40.8. The molecule has 0 unspecified atom stereocenters. The summed E-state index contributed by atoms with van der Waals surface area (Å²) in [4.78, 5) is 7.18. The van der Waals surface area contributed by atoms with Crippen molar-refractivity contribution in [3.63, 3.8) is 0 Å². The van der Waals surface area contributed by atoms with Crippen molar-refractivity contribution in [1.82, 2.24) is 20.0 Å². The second-order valence-corrected chi connectivity index (χ2v) is 14.3. The Morgan fingerprint density at radius 1 is 0.366 bits per heavy atom. The minimum atomic E-state index is 0. The standard InChI is InChI=1S/2C7H14.3C6H13N.C4H9N.CH4/c5*1-7-5-3-2-4-6-7;1-4-2-5-3-4;/h2*7H,2-6H2,1H3;3*2-6H2,1H3;4-5H,2-3H2,1H3;1H4. The summed E-state index contributed by atoms with van der Waals surface area (Å²) < 4.78 is 0. The van der Waals surface area contributed by atoms with Gasteiger partial charge in [0.05, 0.1) is 0 Å². The lowest BCUT2D eigenvalue weighted by atomic mass is 9.91. The molecule has 0 bridgehead atoms. The molecule has 4 heterocycles. The molecule has 2 aliphatic carbocycles. The van der Waals surface area contributed by atoms with Gasteiger partial charge in [0.1, 0.15) is 0 Å². The molecule has 0 amide bonds. The Balaban J connectivity index is 0.000000467. The van der Waals surface area contributed by atoms with Crippen molar-refractivity contribution >= 4 is 0 Å². The molecule has 0 aromatic heterocycles. The second-order valence-electron chi connectivity index (χ2n) is 14.3. The lowest BCUT2D eigenvalue weighted by Gasteiger charge is -2.21. The van der Waals surface area contributed by atoms with Crippen LogP contribution in [0.4, 0.5) is 0 Å². The van der Waals surface area contributed by atoms with Gasteiger partial charge in [-0.2, -0.15) is 0 Å². The molecular formula is C37H80N4. The number of piperidine rings is 3. The Kier molecular flexibility index (Phi) is 28.5. The van der Waals surface area contributed by atoms with Gasteiger partial charge in [-0.05, 0) is 130 Å². The van der Waals surface area contributed by atoms with Gasteiger partial charge in [-0.25, -0.2) is 0 Å². The predicted octanol–water partition coefficient (Wildman–Crippen LogP) is 9.34. The van der Waals surface area contributed by atoms with Gasteiger partial charge in [-0.3, -0.25) is 0 Å². The highest BCUT2D eigenvalue weighted by Gasteiger charge is 2.08. The molecule has 4 nitrogen and oxygen atoms in total. The van der Waals surface area contributed by atoms with Crippen molar-refractivity contribution in [3.05, 3.63) is 0 Å². The molecule has 0 aromatic rings. The largest absolute Gasteiger partial charge is 0.316 e. The van der Waals surface area contributed by atoms with Gasteiger partial charge in [0.25, 0.3) is 0 Å². The summed E-state index contributed by atoms with van der Waals surface area (Å²) in [6.07, 6.45) is 27.7. The summed E-state index contributed by atoms with van der Waals surface area (Å²) in [5.74, 6) is 3.03. The van der Waals surface area contributed by atoms with Crippen LogP contribution in [0.15, 0.2) is 0 Å². The van der Waals surface area contributed by atoms with Crippen molar-refractivity contribution in [2.75, 3.05) is 73.5 Å². The number of hydrogen-bond acceptors (Lipinski definition) is 4. The maximum atomic E-state index is 3.16. The highest BCUT2D eigenvalue weighted by Crippen LogP contribution is 2.22. The van der Waals surface area contributed by atoms with E-state index < -0.39 is 0 Å². The van der Waals surface area contributed by atoms with E-state index in [1.54, 1.807) is 0 Å². The lowest BCUT2D eigenvalue weighted by Crippen LogP contribution is -2.39. The highest BCUT2D eigenvalue weighted by atomic mass is 15.1. The molecule has 0 atom stereocenters. The van der Waals surface area contributed by atoms with E-state index in [-0.39, 0.29) is 7.43 Å². The van der Waals surface area contributed by atoms with Crippen molar-refractivity contribution in [1.29, 1.82) is 0 Å². The van der Waals surface area contributed by atoms with Crippen molar-refractivity contribution in [2.24, 2.45) is 17.8 Å². The van der Waals surface area contributed by atoms with Crippen molar-refractivity contribution < 1.29 is 0 Å². The fourth-order valence-corrected chi connectivity index (χ4v) is 6.20. The fourth-order valence-electron chi connectivity index (χ4n) is 6.20. The van der Waals surface area contributed by atoms with Crippen LogP contribution in [0, 0.1) is 17.8 Å². The van der Waals surface area contributed by atoms with Crippen LogP contribution < -0.4 is 5.32 Å². The highest BCUT2D eigenvalue weighted by molar-refractivity contribution is 4.68. The fraction of sp³-hybridized carbons (Fsp3) is 1.00. The van der Waals surface area contributed by atoms with Crippen LogP contribution >= 0.6 is 0 Å². The molecule has 248 valence electrons. The molecular weight excluding hydrogens is 500 g/mol. The number of nitrogens with zero attached hydrogens (tertiary/aromatic N) is 3. The zero-order valence-electron chi connectivity index (χ0n) is 28.7. The topological polar surface area (TPSA) is 21.8 Å². The van der Waals surface area contributed by atoms with Crippen LogP contribution in [-0.4, -0.2) is 88.2 Å². The Labute approximate surface area is 261 Å². The summed E-state index contributed by atoms with van der Waals surface area (Å²) in [7, 11) is 6.58. The summed E-state index contributed by atoms with van der Waals surface area (Å²) >= 11 is 0. The molecule has 0 radical (unpaired) electrons. The van der Waals surface area contributed by atoms with Gasteiger partial charge < -0.3 is 20.0 Å². The molecule has 0 aromatic carbocycles. The molecule has 1 N–H and O–H groups in total. The van der Waals surface area contributed by atoms with Crippen LogP contribution in [0.5, 0.6) is 0 Å². The number of hydrogen-bond donors (Lipinski definition) is 1. The van der Waals surface area contributed by atoms with Gasteiger partial charge in [-0.1, -0.05) is 112 Å². The van der Waals surface area contributed by atoms with E-state index in [9.17, 15) is 0 Å². The summed E-state index contributed by atoms with van der Waals surface area (Å²) in [6.45, 7) is 17.4. The number of rotatable bonds is 0. The van der Waals surface area contributed by atoms with E-state index in [0.29, 0.717) is 0 Å². The Hall–Kier alpha value is -0.160. The van der Waals surface area contributed by atoms with Crippen molar-refractivity contribution in [2.45, 2.75) is 150 Å². The van der Waals surface area contributed by atoms with Gasteiger partial charge >= 0.3 is 0 Å². The van der Waals surface area contributed by atoms with Crippen LogP contribution in [0.3, 0.4) is 0 Å². The van der Waals surface area contributed by atoms with Crippen LogP contribution in [0.1, 0.15) is 150 Å². The van der Waals surface area contributed by atoms with Gasteiger partial charge in [0.2, 0.25) is 0 Å². The minimum absolute atomic E-state index is 0. The van der Waals surface area contributed by atoms with Gasteiger partial charge in [0, 0.05) is 0 Å². The molecule has 41 heavy (non-hydrogen) atoms. The maximum Gasteiger partial charge on any atom is -0.00109 e. The van der Waals surface area contributed by atoms with Gasteiger partial charge in [0.15, 0.2) is 0 Å². The summed E-state index contributed by atoms with van der Waals surface area (Å²) in [5, 5.41) is 3.16. The zero-order valence-corrected chi connectivity index (χ0v) is 28.7. The van der Waals surface area contributed by atoms with E-state index >= 15 is 0 Å². The van der Waals surface area contributed by atoms with Crippen molar-refractivity contribution in [3.8, 4) is 0 Å². The third-order valence-electron chi connectivity index (χ3n) is 9.51. The summed E-state index contributed by atoms with van der Waals surface area (Å²) in [5.41, 5.74) is 0. The molecule has 6 fully saturated rings. The summed E-state index contributed by atoms with van der Waals surface area (Å²) in [6, 6.07) is 0. The Morgan fingerprint density at radius 3 is 0.683 bits per heavy atom. The Morgan fingerprint density at radius 2 is 0.585 bits per heavy atom. The molecule has 0 spiro atoms. The molecule has 4 aliphatic heterocycles. The van der Waals surface area contributed by atoms with Crippen LogP contribution in [-0.2, 0) is 0 Å². The maximum absolute atomic E-state index is 3.16. The minimum Gasteiger partial charge on any atom is -0.316 e. The smallest absolute Gasteiger partial charge is 0.00109 e.